The molecule has 1 saturated carbocycles. The van der Waals surface area contributed by atoms with Crippen LogP contribution in [-0.4, -0.2) is 36.7 Å². The zero-order chi connectivity index (χ0) is 12.7. The van der Waals surface area contributed by atoms with Crippen LogP contribution in [0.25, 0.3) is 0 Å². The Morgan fingerprint density at radius 2 is 2.06 bits per heavy atom. The summed E-state index contributed by atoms with van der Waals surface area (Å²) in [4.78, 5) is 11.2. The van der Waals surface area contributed by atoms with E-state index in [2.05, 4.69) is 16.3 Å². The van der Waals surface area contributed by atoms with Crippen LogP contribution in [0.2, 0.25) is 0 Å². The van der Waals surface area contributed by atoms with Crippen LogP contribution in [0.3, 0.4) is 0 Å². The first-order valence-electron chi connectivity index (χ1n) is 6.47. The van der Waals surface area contributed by atoms with Gasteiger partial charge in [0.1, 0.15) is 0 Å². The Labute approximate surface area is 109 Å². The number of ether oxygens (including phenoxy) is 1. The van der Waals surface area contributed by atoms with E-state index in [9.17, 15) is 4.79 Å². The predicted molar refractivity (Wildman–Crippen MR) is 73.4 cm³/mol. The number of methoxy groups -OCH3 is 1. The van der Waals surface area contributed by atoms with Crippen molar-refractivity contribution >= 4 is 17.7 Å². The van der Waals surface area contributed by atoms with Crippen LogP contribution in [0, 0.1) is 0 Å². The molecular weight excluding hydrogens is 234 g/mol. The summed E-state index contributed by atoms with van der Waals surface area (Å²) in [6, 6.07) is 0.202. The molecule has 0 saturated heterocycles. The van der Waals surface area contributed by atoms with E-state index in [1.54, 1.807) is 0 Å². The number of esters is 1. The van der Waals surface area contributed by atoms with Gasteiger partial charge in [-0.15, -0.1) is 0 Å². The molecule has 0 aromatic heterocycles. The number of hydrogen-bond donors (Lipinski definition) is 1. The van der Waals surface area contributed by atoms with E-state index < -0.39 is 0 Å². The van der Waals surface area contributed by atoms with Gasteiger partial charge in [-0.2, -0.15) is 11.8 Å². The SMILES string of the molecule is COC(=O)CC(C)NCC1(SC)CCCCC1. The lowest BCUT2D eigenvalue weighted by Crippen LogP contribution is -2.43. The summed E-state index contributed by atoms with van der Waals surface area (Å²) >= 11 is 1.98. The third-order valence-electron chi connectivity index (χ3n) is 3.67. The Hall–Kier alpha value is -0.220. The molecule has 0 aliphatic heterocycles. The zero-order valence-electron chi connectivity index (χ0n) is 11.3. The van der Waals surface area contributed by atoms with Gasteiger partial charge in [-0.25, -0.2) is 0 Å². The van der Waals surface area contributed by atoms with E-state index >= 15 is 0 Å². The van der Waals surface area contributed by atoms with Crippen LogP contribution >= 0.6 is 11.8 Å². The first-order chi connectivity index (χ1) is 8.12. The van der Waals surface area contributed by atoms with Crippen molar-refractivity contribution in [2.24, 2.45) is 0 Å². The molecule has 0 amide bonds. The number of nitrogens with one attached hydrogen (secondary N) is 1. The maximum absolute atomic E-state index is 11.2. The van der Waals surface area contributed by atoms with E-state index in [1.165, 1.54) is 39.2 Å². The van der Waals surface area contributed by atoms with Crippen molar-refractivity contribution in [3.05, 3.63) is 0 Å². The second kappa shape index (κ2) is 7.27. The molecule has 1 aliphatic carbocycles. The smallest absolute Gasteiger partial charge is 0.307 e. The standard InChI is InChI=1S/C13H25NO2S/c1-11(9-12(15)16-2)14-10-13(17-3)7-5-4-6-8-13/h11,14H,4-10H2,1-3H3. The molecule has 1 atom stereocenters. The van der Waals surface area contributed by atoms with Crippen molar-refractivity contribution in [3.8, 4) is 0 Å². The molecule has 1 fully saturated rings. The van der Waals surface area contributed by atoms with Crippen molar-refractivity contribution in [2.45, 2.75) is 56.2 Å². The Morgan fingerprint density at radius 3 is 2.59 bits per heavy atom. The van der Waals surface area contributed by atoms with E-state index in [0.29, 0.717) is 11.2 Å². The third kappa shape index (κ3) is 4.88. The van der Waals surface area contributed by atoms with E-state index in [-0.39, 0.29) is 12.0 Å². The molecule has 17 heavy (non-hydrogen) atoms. The first-order valence-corrected chi connectivity index (χ1v) is 7.70. The Bertz CT molecular complexity index is 240. The minimum absolute atomic E-state index is 0.133. The van der Waals surface area contributed by atoms with Gasteiger partial charge in [0.25, 0.3) is 0 Å². The highest BCUT2D eigenvalue weighted by Gasteiger charge is 2.31. The molecule has 0 heterocycles. The van der Waals surface area contributed by atoms with Gasteiger partial charge in [-0.3, -0.25) is 4.79 Å². The van der Waals surface area contributed by atoms with Crippen LogP contribution in [-0.2, 0) is 9.53 Å². The van der Waals surface area contributed by atoms with Crippen molar-refractivity contribution in [2.75, 3.05) is 19.9 Å². The van der Waals surface area contributed by atoms with Gasteiger partial charge in [-0.05, 0) is 26.0 Å². The Morgan fingerprint density at radius 1 is 1.41 bits per heavy atom. The average molecular weight is 259 g/mol. The summed E-state index contributed by atoms with van der Waals surface area (Å²) in [5, 5.41) is 3.49. The first kappa shape index (κ1) is 14.8. The summed E-state index contributed by atoms with van der Waals surface area (Å²) in [6.45, 7) is 3.06. The Kier molecular flexibility index (Phi) is 6.34. The lowest BCUT2D eigenvalue weighted by Gasteiger charge is -2.36. The van der Waals surface area contributed by atoms with Crippen molar-refractivity contribution in [3.63, 3.8) is 0 Å². The van der Waals surface area contributed by atoms with E-state index in [1.807, 2.05) is 18.7 Å². The second-order valence-electron chi connectivity index (χ2n) is 5.01. The maximum atomic E-state index is 11.2. The molecule has 0 radical (unpaired) electrons. The minimum Gasteiger partial charge on any atom is -0.469 e. The minimum atomic E-state index is -0.133. The molecule has 0 spiro atoms. The summed E-state index contributed by atoms with van der Waals surface area (Å²) in [5.41, 5.74) is 0. The molecular formula is C13H25NO2S. The molecule has 1 aliphatic rings. The van der Waals surface area contributed by atoms with Gasteiger partial charge in [0.05, 0.1) is 13.5 Å². The zero-order valence-corrected chi connectivity index (χ0v) is 12.1. The lowest BCUT2D eigenvalue weighted by molar-refractivity contribution is -0.141. The van der Waals surface area contributed by atoms with Crippen molar-refractivity contribution in [1.29, 1.82) is 0 Å². The highest BCUT2D eigenvalue weighted by molar-refractivity contribution is 8.00. The number of rotatable bonds is 6. The fourth-order valence-corrected chi connectivity index (χ4v) is 3.34. The highest BCUT2D eigenvalue weighted by atomic mass is 32.2. The van der Waals surface area contributed by atoms with Crippen LogP contribution in [0.5, 0.6) is 0 Å². The molecule has 1 rings (SSSR count). The van der Waals surface area contributed by atoms with Gasteiger partial charge >= 0.3 is 5.97 Å². The molecule has 0 bridgehead atoms. The van der Waals surface area contributed by atoms with Crippen molar-refractivity contribution in [1.82, 2.24) is 5.32 Å². The van der Waals surface area contributed by atoms with Crippen LogP contribution in [0.4, 0.5) is 0 Å². The molecule has 3 nitrogen and oxygen atoms in total. The summed E-state index contributed by atoms with van der Waals surface area (Å²) < 4.78 is 5.07. The summed E-state index contributed by atoms with van der Waals surface area (Å²) in [6.07, 6.45) is 9.32. The molecule has 1 N–H and O–H groups in total. The van der Waals surface area contributed by atoms with Gasteiger partial charge in [0.2, 0.25) is 0 Å². The van der Waals surface area contributed by atoms with Crippen LogP contribution < -0.4 is 5.32 Å². The second-order valence-corrected chi connectivity index (χ2v) is 6.28. The number of thioether (sulfide) groups is 1. The largest absolute Gasteiger partial charge is 0.469 e. The summed E-state index contributed by atoms with van der Waals surface area (Å²) in [7, 11) is 1.44. The van der Waals surface area contributed by atoms with Gasteiger partial charge in [-0.1, -0.05) is 19.3 Å². The number of hydrogen-bond acceptors (Lipinski definition) is 4. The molecule has 4 heteroatoms. The van der Waals surface area contributed by atoms with Crippen LogP contribution in [0.15, 0.2) is 0 Å². The van der Waals surface area contributed by atoms with Gasteiger partial charge < -0.3 is 10.1 Å². The molecule has 0 aromatic rings. The predicted octanol–water partition coefficient (Wildman–Crippen LogP) is 2.59. The number of carbonyl (C=O) groups is 1. The Balaban J connectivity index is 2.33. The van der Waals surface area contributed by atoms with Crippen molar-refractivity contribution < 1.29 is 9.53 Å². The van der Waals surface area contributed by atoms with Gasteiger partial charge in [0, 0.05) is 17.3 Å². The maximum Gasteiger partial charge on any atom is 0.307 e. The monoisotopic (exact) mass is 259 g/mol. The van der Waals surface area contributed by atoms with E-state index in [4.69, 9.17) is 0 Å². The fourth-order valence-electron chi connectivity index (χ4n) is 2.41. The fraction of sp³-hybridized carbons (Fsp3) is 0.923. The van der Waals surface area contributed by atoms with E-state index in [0.717, 1.165) is 6.54 Å². The topological polar surface area (TPSA) is 38.3 Å². The van der Waals surface area contributed by atoms with Crippen LogP contribution in [0.1, 0.15) is 45.4 Å². The normalized spacial score (nSPS) is 20.9. The lowest BCUT2D eigenvalue weighted by atomic mass is 9.88. The summed E-state index contributed by atoms with van der Waals surface area (Å²) in [5.74, 6) is -0.133. The molecule has 0 aromatic carbocycles. The molecule has 100 valence electrons. The quantitative estimate of drug-likeness (QED) is 0.744. The molecule has 1 unspecified atom stereocenters. The highest BCUT2D eigenvalue weighted by Crippen LogP contribution is 2.38. The van der Waals surface area contributed by atoms with Gasteiger partial charge in [0.15, 0.2) is 0 Å². The average Bonchev–Trinajstić information content (AvgIpc) is 2.37. The third-order valence-corrected chi connectivity index (χ3v) is 5.09. The number of carbonyl (C=O) groups excluding carboxylic acids is 1.